The van der Waals surface area contributed by atoms with Gasteiger partial charge in [0.1, 0.15) is 5.75 Å². The average Bonchev–Trinajstić information content (AvgIpc) is 2.48. The Morgan fingerprint density at radius 2 is 1.52 bits per heavy atom. The molecule has 110 valence electrons. The molecule has 0 saturated carbocycles. The molecule has 0 amide bonds. The summed E-state index contributed by atoms with van der Waals surface area (Å²) in [6.07, 6.45) is 3.94. The molecule has 0 radical (unpaired) electrons. The van der Waals surface area contributed by atoms with Crippen LogP contribution in [-0.4, -0.2) is 19.3 Å². The Labute approximate surface area is 125 Å². The van der Waals surface area contributed by atoms with Crippen molar-refractivity contribution in [3.8, 4) is 17.2 Å². The average molecular weight is 284 g/mol. The van der Waals surface area contributed by atoms with Crippen molar-refractivity contribution in [1.29, 1.82) is 0 Å². The van der Waals surface area contributed by atoms with Gasteiger partial charge in [0.2, 0.25) is 0 Å². The molecule has 0 heterocycles. The lowest BCUT2D eigenvalue weighted by Crippen LogP contribution is -1.91. The molecule has 0 saturated heterocycles. The predicted molar refractivity (Wildman–Crippen MR) is 86.1 cm³/mol. The lowest BCUT2D eigenvalue weighted by atomic mass is 10.0. The van der Waals surface area contributed by atoms with Crippen molar-refractivity contribution in [2.75, 3.05) is 14.2 Å². The van der Waals surface area contributed by atoms with Gasteiger partial charge in [0.05, 0.1) is 14.2 Å². The molecular weight excluding hydrogens is 264 g/mol. The van der Waals surface area contributed by atoms with Gasteiger partial charge in [-0.15, -0.1) is 0 Å². The van der Waals surface area contributed by atoms with E-state index < -0.39 is 0 Å². The maximum atomic E-state index is 9.77. The Bertz CT molecular complexity index is 672. The first-order chi connectivity index (χ1) is 10.0. The molecule has 0 atom stereocenters. The zero-order chi connectivity index (χ0) is 15.4. The highest BCUT2D eigenvalue weighted by Crippen LogP contribution is 2.28. The first-order valence-corrected chi connectivity index (χ1v) is 6.75. The van der Waals surface area contributed by atoms with Crippen molar-refractivity contribution < 1.29 is 14.6 Å². The number of phenols is 1. The van der Waals surface area contributed by atoms with Crippen LogP contribution in [-0.2, 0) is 0 Å². The van der Waals surface area contributed by atoms with Crippen LogP contribution in [0.1, 0.15) is 22.3 Å². The second kappa shape index (κ2) is 6.35. The second-order valence-electron chi connectivity index (χ2n) is 4.93. The van der Waals surface area contributed by atoms with Crippen LogP contribution in [0.2, 0.25) is 0 Å². The number of ether oxygens (including phenoxy) is 2. The van der Waals surface area contributed by atoms with Gasteiger partial charge in [-0.3, -0.25) is 0 Å². The predicted octanol–water partition coefficient (Wildman–Crippen LogP) is 4.20. The molecule has 0 unspecified atom stereocenters. The zero-order valence-electron chi connectivity index (χ0n) is 12.8. The fraction of sp³-hybridized carbons (Fsp3) is 0.222. The van der Waals surface area contributed by atoms with Crippen molar-refractivity contribution in [2.45, 2.75) is 13.8 Å². The van der Waals surface area contributed by atoms with Gasteiger partial charge in [-0.25, -0.2) is 0 Å². The quantitative estimate of drug-likeness (QED) is 0.855. The number of rotatable bonds is 4. The van der Waals surface area contributed by atoms with E-state index in [0.717, 1.165) is 22.4 Å². The van der Waals surface area contributed by atoms with E-state index in [1.807, 2.05) is 31.2 Å². The number of hydrogen-bond acceptors (Lipinski definition) is 3. The minimum atomic E-state index is 0.136. The van der Waals surface area contributed by atoms with Gasteiger partial charge >= 0.3 is 0 Å². The number of phenolic OH excluding ortho intramolecular Hbond substituents is 1. The molecule has 0 bridgehead atoms. The molecule has 2 aromatic rings. The first kappa shape index (κ1) is 15.0. The van der Waals surface area contributed by atoms with E-state index in [4.69, 9.17) is 9.47 Å². The fourth-order valence-electron chi connectivity index (χ4n) is 2.17. The summed E-state index contributed by atoms with van der Waals surface area (Å²) in [4.78, 5) is 0. The molecule has 0 aliphatic carbocycles. The standard InChI is InChI=1S/C18H20O3/c1-12-9-15(11-18(21-4)13(12)2)6-5-14-7-8-17(20-3)16(19)10-14/h5-11,19H,1-4H3/b6-5+. The van der Waals surface area contributed by atoms with Gasteiger partial charge in [-0.05, 0) is 54.3 Å². The third-order valence-corrected chi connectivity index (χ3v) is 3.53. The third kappa shape index (κ3) is 3.37. The summed E-state index contributed by atoms with van der Waals surface area (Å²) in [6, 6.07) is 9.43. The SMILES string of the molecule is COc1ccc(/C=C/c2cc(C)c(C)c(OC)c2)cc1O. The van der Waals surface area contributed by atoms with Gasteiger partial charge < -0.3 is 14.6 Å². The van der Waals surface area contributed by atoms with Crippen LogP contribution < -0.4 is 9.47 Å². The van der Waals surface area contributed by atoms with Crippen molar-refractivity contribution in [2.24, 2.45) is 0 Å². The summed E-state index contributed by atoms with van der Waals surface area (Å²) in [7, 11) is 3.21. The van der Waals surface area contributed by atoms with Crippen LogP contribution in [0.5, 0.6) is 17.2 Å². The zero-order valence-corrected chi connectivity index (χ0v) is 12.8. The Hall–Kier alpha value is -2.42. The van der Waals surface area contributed by atoms with E-state index in [2.05, 4.69) is 13.0 Å². The van der Waals surface area contributed by atoms with Gasteiger partial charge in [-0.1, -0.05) is 24.3 Å². The van der Waals surface area contributed by atoms with Crippen LogP contribution in [0.15, 0.2) is 30.3 Å². The summed E-state index contributed by atoms with van der Waals surface area (Å²) in [5.74, 6) is 1.49. The smallest absolute Gasteiger partial charge is 0.160 e. The molecule has 0 aromatic heterocycles. The highest BCUT2D eigenvalue weighted by atomic mass is 16.5. The van der Waals surface area contributed by atoms with Gasteiger partial charge in [0, 0.05) is 0 Å². The van der Waals surface area contributed by atoms with Crippen LogP contribution in [0.4, 0.5) is 0 Å². The van der Waals surface area contributed by atoms with Gasteiger partial charge in [-0.2, -0.15) is 0 Å². The Kier molecular flexibility index (Phi) is 4.53. The maximum Gasteiger partial charge on any atom is 0.160 e. The molecule has 0 fully saturated rings. The molecule has 3 nitrogen and oxygen atoms in total. The first-order valence-electron chi connectivity index (χ1n) is 6.75. The fourth-order valence-corrected chi connectivity index (χ4v) is 2.17. The third-order valence-electron chi connectivity index (χ3n) is 3.53. The maximum absolute atomic E-state index is 9.77. The lowest BCUT2D eigenvalue weighted by molar-refractivity contribution is 0.373. The molecule has 2 rings (SSSR count). The van der Waals surface area contributed by atoms with E-state index >= 15 is 0 Å². The number of methoxy groups -OCH3 is 2. The normalized spacial score (nSPS) is 10.9. The number of hydrogen-bond donors (Lipinski definition) is 1. The monoisotopic (exact) mass is 284 g/mol. The molecule has 0 aliphatic heterocycles. The minimum Gasteiger partial charge on any atom is -0.504 e. The van der Waals surface area contributed by atoms with Crippen LogP contribution in [0.25, 0.3) is 12.2 Å². The van der Waals surface area contributed by atoms with E-state index in [1.54, 1.807) is 19.2 Å². The Morgan fingerprint density at radius 3 is 2.14 bits per heavy atom. The summed E-state index contributed by atoms with van der Waals surface area (Å²) >= 11 is 0. The molecule has 2 aromatic carbocycles. The molecular formula is C18H20O3. The van der Waals surface area contributed by atoms with E-state index in [0.29, 0.717) is 5.75 Å². The summed E-state index contributed by atoms with van der Waals surface area (Å²) in [6.45, 7) is 4.11. The molecule has 0 spiro atoms. The highest BCUT2D eigenvalue weighted by Gasteiger charge is 2.03. The summed E-state index contributed by atoms with van der Waals surface area (Å²) in [5.41, 5.74) is 4.30. The number of aromatic hydroxyl groups is 1. The highest BCUT2D eigenvalue weighted by molar-refractivity contribution is 5.72. The molecule has 0 aliphatic rings. The van der Waals surface area contributed by atoms with Crippen LogP contribution in [0, 0.1) is 13.8 Å². The number of aryl methyl sites for hydroxylation is 1. The van der Waals surface area contributed by atoms with Crippen molar-refractivity contribution in [3.63, 3.8) is 0 Å². The van der Waals surface area contributed by atoms with Gasteiger partial charge in [0.15, 0.2) is 11.5 Å². The largest absolute Gasteiger partial charge is 0.504 e. The number of benzene rings is 2. The summed E-state index contributed by atoms with van der Waals surface area (Å²) in [5, 5.41) is 9.77. The molecule has 21 heavy (non-hydrogen) atoms. The van der Waals surface area contributed by atoms with E-state index in [1.165, 1.54) is 12.7 Å². The van der Waals surface area contributed by atoms with Crippen LogP contribution in [0.3, 0.4) is 0 Å². The van der Waals surface area contributed by atoms with Crippen molar-refractivity contribution in [1.82, 2.24) is 0 Å². The lowest BCUT2D eigenvalue weighted by Gasteiger charge is -2.09. The molecule has 3 heteroatoms. The minimum absolute atomic E-state index is 0.136. The van der Waals surface area contributed by atoms with Crippen molar-refractivity contribution in [3.05, 3.63) is 52.6 Å². The van der Waals surface area contributed by atoms with E-state index in [9.17, 15) is 5.11 Å². The second-order valence-corrected chi connectivity index (χ2v) is 4.93. The van der Waals surface area contributed by atoms with Crippen molar-refractivity contribution >= 4 is 12.2 Å². The molecule has 1 N–H and O–H groups in total. The topological polar surface area (TPSA) is 38.7 Å². The summed E-state index contributed by atoms with van der Waals surface area (Å²) < 4.78 is 10.4. The van der Waals surface area contributed by atoms with Crippen LogP contribution >= 0.6 is 0 Å². The Morgan fingerprint density at radius 1 is 0.857 bits per heavy atom. The Balaban J connectivity index is 2.29. The van der Waals surface area contributed by atoms with E-state index in [-0.39, 0.29) is 5.75 Å². The van der Waals surface area contributed by atoms with Gasteiger partial charge in [0.25, 0.3) is 0 Å².